The first-order valence-electron chi connectivity index (χ1n) is 8.61. The van der Waals surface area contributed by atoms with Crippen LogP contribution in [-0.4, -0.2) is 32.8 Å². The molecule has 0 bridgehead atoms. The number of methoxy groups -OCH3 is 2. The maximum Gasteiger partial charge on any atom is 0.345 e. The van der Waals surface area contributed by atoms with Gasteiger partial charge in [0, 0.05) is 5.02 Å². The highest BCUT2D eigenvalue weighted by molar-refractivity contribution is 14.1. The summed E-state index contributed by atoms with van der Waals surface area (Å²) in [6.45, 7) is 2.60. The van der Waals surface area contributed by atoms with E-state index in [1.54, 1.807) is 24.3 Å². The van der Waals surface area contributed by atoms with E-state index in [-0.39, 0.29) is 5.57 Å². The lowest BCUT2D eigenvalue weighted by molar-refractivity contribution is -0.143. The summed E-state index contributed by atoms with van der Waals surface area (Å²) in [4.78, 5) is 23.8. The summed E-state index contributed by atoms with van der Waals surface area (Å²) in [5, 5.41) is 0.654. The van der Waals surface area contributed by atoms with E-state index in [1.807, 2.05) is 19.1 Å². The molecule has 8 heteroatoms. The van der Waals surface area contributed by atoms with E-state index >= 15 is 0 Å². The Morgan fingerprint density at radius 2 is 1.66 bits per heavy atom. The molecule has 0 heterocycles. The molecular formula is C21H20ClIO6. The third-order valence-corrected chi connectivity index (χ3v) is 4.80. The van der Waals surface area contributed by atoms with Gasteiger partial charge in [-0.3, -0.25) is 0 Å². The van der Waals surface area contributed by atoms with E-state index in [1.165, 1.54) is 20.3 Å². The van der Waals surface area contributed by atoms with Crippen molar-refractivity contribution in [3.63, 3.8) is 0 Å². The molecule has 0 aliphatic carbocycles. The quantitative estimate of drug-likeness (QED) is 0.163. The zero-order valence-corrected chi connectivity index (χ0v) is 19.1. The molecule has 2 aromatic carbocycles. The van der Waals surface area contributed by atoms with Crippen molar-refractivity contribution in [1.29, 1.82) is 0 Å². The summed E-state index contributed by atoms with van der Waals surface area (Å²) in [6, 6.07) is 10.8. The van der Waals surface area contributed by atoms with Crippen LogP contribution >= 0.6 is 34.2 Å². The number of carbonyl (C=O) groups excluding carboxylic acids is 2. The largest absolute Gasteiger partial charge is 0.490 e. The van der Waals surface area contributed by atoms with Crippen LogP contribution in [0.3, 0.4) is 0 Å². The standard InChI is InChI=1S/C21H20ClIO6/c1-4-28-18-11-14(9-16(20(24)26-2)21(25)27-3)10-17(23)19(18)29-12-13-5-7-15(22)8-6-13/h5-11H,4,12H2,1-3H3. The molecule has 0 aromatic heterocycles. The molecule has 0 amide bonds. The van der Waals surface area contributed by atoms with Crippen LogP contribution in [0.15, 0.2) is 42.0 Å². The molecule has 0 unspecified atom stereocenters. The Morgan fingerprint density at radius 1 is 1.03 bits per heavy atom. The van der Waals surface area contributed by atoms with E-state index in [2.05, 4.69) is 32.1 Å². The van der Waals surface area contributed by atoms with Gasteiger partial charge < -0.3 is 18.9 Å². The fourth-order valence-corrected chi connectivity index (χ4v) is 3.31. The van der Waals surface area contributed by atoms with E-state index in [0.717, 1.165) is 9.13 Å². The molecule has 6 nitrogen and oxygen atoms in total. The first-order chi connectivity index (χ1) is 13.9. The van der Waals surface area contributed by atoms with Gasteiger partial charge in [0.05, 0.1) is 24.4 Å². The lowest BCUT2D eigenvalue weighted by Crippen LogP contribution is -2.15. The van der Waals surface area contributed by atoms with Crippen molar-refractivity contribution in [3.05, 3.63) is 61.7 Å². The number of halogens is 2. The van der Waals surface area contributed by atoms with Crippen LogP contribution in [0, 0.1) is 3.57 Å². The molecule has 0 saturated carbocycles. The summed E-state index contributed by atoms with van der Waals surface area (Å²) in [5.41, 5.74) is 1.31. The average Bonchev–Trinajstić information content (AvgIpc) is 2.71. The van der Waals surface area contributed by atoms with Crippen LogP contribution in [0.4, 0.5) is 0 Å². The Labute approximate surface area is 187 Å². The molecule has 2 aromatic rings. The zero-order valence-electron chi connectivity index (χ0n) is 16.2. The molecule has 0 radical (unpaired) electrons. The summed E-state index contributed by atoms with van der Waals surface area (Å²) < 4.78 is 21.7. The predicted molar refractivity (Wildman–Crippen MR) is 118 cm³/mol. The van der Waals surface area contributed by atoms with E-state index in [0.29, 0.717) is 35.3 Å². The highest BCUT2D eigenvalue weighted by atomic mass is 127. The number of carbonyl (C=O) groups is 2. The lowest BCUT2D eigenvalue weighted by Gasteiger charge is -2.15. The molecule has 0 aliphatic heterocycles. The van der Waals surface area contributed by atoms with Gasteiger partial charge >= 0.3 is 11.9 Å². The van der Waals surface area contributed by atoms with Crippen molar-refractivity contribution in [3.8, 4) is 11.5 Å². The minimum atomic E-state index is -0.784. The number of ether oxygens (including phenoxy) is 4. The zero-order chi connectivity index (χ0) is 21.4. The Kier molecular flexibility index (Phi) is 8.78. The second-order valence-corrected chi connectivity index (χ2v) is 7.32. The topological polar surface area (TPSA) is 71.1 Å². The molecule has 0 atom stereocenters. The second kappa shape index (κ2) is 11.1. The molecule has 0 aliphatic rings. The van der Waals surface area contributed by atoms with Crippen LogP contribution in [0.1, 0.15) is 18.1 Å². The third kappa shape index (κ3) is 6.37. The molecule has 154 valence electrons. The fraction of sp³-hybridized carbons (Fsp3) is 0.238. The minimum absolute atomic E-state index is 0.219. The highest BCUT2D eigenvalue weighted by Gasteiger charge is 2.21. The van der Waals surface area contributed by atoms with Crippen LogP contribution < -0.4 is 9.47 Å². The van der Waals surface area contributed by atoms with Gasteiger partial charge in [-0.2, -0.15) is 0 Å². The summed E-state index contributed by atoms with van der Waals surface area (Å²) in [5.74, 6) is -0.508. The van der Waals surface area contributed by atoms with Crippen molar-refractivity contribution in [2.45, 2.75) is 13.5 Å². The molecule has 2 rings (SSSR count). The Morgan fingerprint density at radius 3 is 2.21 bits per heavy atom. The summed E-state index contributed by atoms with van der Waals surface area (Å²) in [6.07, 6.45) is 1.39. The summed E-state index contributed by atoms with van der Waals surface area (Å²) in [7, 11) is 2.39. The van der Waals surface area contributed by atoms with Gasteiger partial charge in [-0.05, 0) is 71.0 Å². The van der Waals surface area contributed by atoms with E-state index in [4.69, 9.17) is 21.1 Å². The van der Waals surface area contributed by atoms with Gasteiger partial charge in [0.1, 0.15) is 12.2 Å². The van der Waals surface area contributed by atoms with E-state index < -0.39 is 11.9 Å². The first-order valence-corrected chi connectivity index (χ1v) is 10.1. The minimum Gasteiger partial charge on any atom is -0.490 e. The van der Waals surface area contributed by atoms with Crippen molar-refractivity contribution in [2.24, 2.45) is 0 Å². The molecule has 0 spiro atoms. The Bertz CT molecular complexity index is 890. The maximum atomic E-state index is 11.9. The van der Waals surface area contributed by atoms with Crippen LogP contribution in [-0.2, 0) is 25.7 Å². The van der Waals surface area contributed by atoms with Gasteiger partial charge in [-0.15, -0.1) is 0 Å². The maximum absolute atomic E-state index is 11.9. The van der Waals surface area contributed by atoms with Crippen LogP contribution in [0.5, 0.6) is 11.5 Å². The number of hydrogen-bond acceptors (Lipinski definition) is 6. The number of hydrogen-bond donors (Lipinski definition) is 0. The Hall–Kier alpha value is -2.26. The molecular weight excluding hydrogens is 511 g/mol. The third-order valence-electron chi connectivity index (χ3n) is 3.75. The lowest BCUT2D eigenvalue weighted by atomic mass is 10.1. The SMILES string of the molecule is CCOc1cc(C=C(C(=O)OC)C(=O)OC)cc(I)c1OCc1ccc(Cl)cc1. The molecule has 0 N–H and O–H groups in total. The normalized spacial score (nSPS) is 10.1. The van der Waals surface area contributed by atoms with Gasteiger partial charge in [0.15, 0.2) is 11.5 Å². The van der Waals surface area contributed by atoms with Gasteiger partial charge in [0.25, 0.3) is 0 Å². The summed E-state index contributed by atoms with van der Waals surface area (Å²) >= 11 is 8.02. The predicted octanol–water partition coefficient (Wildman–Crippen LogP) is 4.65. The molecule has 0 fully saturated rings. The number of esters is 2. The fourth-order valence-electron chi connectivity index (χ4n) is 2.40. The molecule has 29 heavy (non-hydrogen) atoms. The smallest absolute Gasteiger partial charge is 0.345 e. The average molecular weight is 531 g/mol. The highest BCUT2D eigenvalue weighted by Crippen LogP contribution is 2.35. The monoisotopic (exact) mass is 530 g/mol. The first kappa shape index (κ1) is 23.0. The Balaban J connectivity index is 2.37. The van der Waals surface area contributed by atoms with Gasteiger partial charge in [0.2, 0.25) is 0 Å². The number of benzene rings is 2. The van der Waals surface area contributed by atoms with Crippen LogP contribution in [0.25, 0.3) is 6.08 Å². The molecule has 0 saturated heterocycles. The van der Waals surface area contributed by atoms with Crippen molar-refractivity contribution >= 4 is 52.2 Å². The van der Waals surface area contributed by atoms with Gasteiger partial charge in [-0.1, -0.05) is 23.7 Å². The van der Waals surface area contributed by atoms with E-state index in [9.17, 15) is 9.59 Å². The van der Waals surface area contributed by atoms with Crippen molar-refractivity contribution in [1.82, 2.24) is 0 Å². The van der Waals surface area contributed by atoms with Crippen LogP contribution in [0.2, 0.25) is 5.02 Å². The van der Waals surface area contributed by atoms with Crippen molar-refractivity contribution < 1.29 is 28.5 Å². The van der Waals surface area contributed by atoms with Gasteiger partial charge in [-0.25, -0.2) is 9.59 Å². The number of rotatable bonds is 8. The van der Waals surface area contributed by atoms with Crippen molar-refractivity contribution in [2.75, 3.05) is 20.8 Å². The second-order valence-electron chi connectivity index (χ2n) is 5.72.